The second-order valence-corrected chi connectivity index (χ2v) is 6.47. The number of nitrogens with zero attached hydrogens (tertiary/aromatic N) is 2. The van der Waals surface area contributed by atoms with E-state index in [9.17, 15) is 9.90 Å². The van der Waals surface area contributed by atoms with E-state index < -0.39 is 5.60 Å². The first-order valence-corrected chi connectivity index (χ1v) is 8.30. The number of fused-ring (bicyclic) bond motifs is 1. The van der Waals surface area contributed by atoms with E-state index in [0.29, 0.717) is 19.4 Å². The molecular weight excluding hydrogens is 314 g/mol. The molecule has 1 aromatic heterocycles. The number of hydrogen-bond acceptors (Lipinski definition) is 3. The number of carbonyl (C=O) groups excluding carboxylic acids is 1. The smallest absolute Gasteiger partial charge is 0.252 e. The van der Waals surface area contributed by atoms with Gasteiger partial charge >= 0.3 is 0 Å². The van der Waals surface area contributed by atoms with Crippen LogP contribution in [-0.2, 0) is 24.2 Å². The normalized spacial score (nSPS) is 14.9. The average molecular weight is 333 g/mol. The van der Waals surface area contributed by atoms with Crippen molar-refractivity contribution in [2.45, 2.75) is 25.0 Å². The molecule has 2 aromatic carbocycles. The van der Waals surface area contributed by atoms with Gasteiger partial charge in [0.25, 0.3) is 5.91 Å². The molecule has 0 bridgehead atoms. The molecule has 1 heterocycles. The van der Waals surface area contributed by atoms with Crippen LogP contribution in [0.25, 0.3) is 5.69 Å². The van der Waals surface area contributed by atoms with Crippen molar-refractivity contribution in [3.8, 4) is 5.69 Å². The Bertz CT molecular complexity index is 877. The van der Waals surface area contributed by atoms with Crippen molar-refractivity contribution in [3.63, 3.8) is 0 Å². The summed E-state index contributed by atoms with van der Waals surface area (Å²) in [5.41, 5.74) is 2.56. The quantitative estimate of drug-likeness (QED) is 0.768. The third-order valence-corrected chi connectivity index (χ3v) is 4.62. The highest BCUT2D eigenvalue weighted by Gasteiger charge is 2.41. The molecule has 0 saturated carbocycles. The van der Waals surface area contributed by atoms with Gasteiger partial charge in [-0.05, 0) is 23.3 Å². The maximum Gasteiger partial charge on any atom is 0.252 e. The van der Waals surface area contributed by atoms with Gasteiger partial charge in [-0.3, -0.25) is 4.79 Å². The first kappa shape index (κ1) is 15.6. The number of nitrogens with one attached hydrogen (secondary N) is 1. The molecule has 4 rings (SSSR count). The zero-order valence-electron chi connectivity index (χ0n) is 13.7. The summed E-state index contributed by atoms with van der Waals surface area (Å²) >= 11 is 0. The van der Waals surface area contributed by atoms with Crippen LogP contribution in [0.3, 0.4) is 0 Å². The molecule has 0 saturated heterocycles. The first-order valence-electron chi connectivity index (χ1n) is 8.30. The van der Waals surface area contributed by atoms with E-state index in [2.05, 4.69) is 10.4 Å². The predicted octanol–water partition coefficient (Wildman–Crippen LogP) is 2.02. The SMILES string of the molecule is O=C(NCc1cnn(-c2ccccc2)c1)C1(O)Cc2ccccc2C1. The topological polar surface area (TPSA) is 67.2 Å². The van der Waals surface area contributed by atoms with Crippen LogP contribution in [0.4, 0.5) is 0 Å². The molecule has 0 atom stereocenters. The summed E-state index contributed by atoms with van der Waals surface area (Å²) in [5, 5.41) is 17.9. The fourth-order valence-electron chi connectivity index (χ4n) is 3.28. The van der Waals surface area contributed by atoms with Crippen LogP contribution < -0.4 is 5.32 Å². The molecule has 5 nitrogen and oxygen atoms in total. The maximum atomic E-state index is 12.5. The maximum absolute atomic E-state index is 12.5. The van der Waals surface area contributed by atoms with E-state index in [4.69, 9.17) is 0 Å². The van der Waals surface area contributed by atoms with Gasteiger partial charge in [0.2, 0.25) is 0 Å². The molecule has 0 spiro atoms. The zero-order chi connectivity index (χ0) is 17.3. The van der Waals surface area contributed by atoms with E-state index in [-0.39, 0.29) is 5.91 Å². The van der Waals surface area contributed by atoms with Gasteiger partial charge in [-0.15, -0.1) is 0 Å². The van der Waals surface area contributed by atoms with Crippen LogP contribution in [-0.4, -0.2) is 26.4 Å². The predicted molar refractivity (Wildman–Crippen MR) is 94.2 cm³/mol. The fraction of sp³-hybridized carbons (Fsp3) is 0.200. The molecule has 126 valence electrons. The summed E-state index contributed by atoms with van der Waals surface area (Å²) in [6, 6.07) is 17.6. The lowest BCUT2D eigenvalue weighted by atomic mass is 9.99. The summed E-state index contributed by atoms with van der Waals surface area (Å²) in [4.78, 5) is 12.5. The summed E-state index contributed by atoms with van der Waals surface area (Å²) in [6.07, 6.45) is 4.32. The second-order valence-electron chi connectivity index (χ2n) is 6.47. The second kappa shape index (κ2) is 6.18. The molecule has 1 aliphatic rings. The van der Waals surface area contributed by atoms with Gasteiger partial charge in [-0.1, -0.05) is 42.5 Å². The Morgan fingerprint density at radius 2 is 1.72 bits per heavy atom. The molecule has 0 radical (unpaired) electrons. The monoisotopic (exact) mass is 333 g/mol. The number of hydrogen-bond donors (Lipinski definition) is 2. The van der Waals surface area contributed by atoms with E-state index >= 15 is 0 Å². The number of amides is 1. The Labute approximate surface area is 145 Å². The van der Waals surface area contributed by atoms with E-state index in [0.717, 1.165) is 22.4 Å². The van der Waals surface area contributed by atoms with Crippen LogP contribution in [0, 0.1) is 0 Å². The molecule has 5 heteroatoms. The Hall–Kier alpha value is -2.92. The van der Waals surface area contributed by atoms with Crippen LogP contribution in [0.5, 0.6) is 0 Å². The van der Waals surface area contributed by atoms with Crippen LogP contribution in [0.15, 0.2) is 67.0 Å². The van der Waals surface area contributed by atoms with Crippen molar-refractivity contribution in [2.24, 2.45) is 0 Å². The number of para-hydroxylation sites is 1. The molecule has 25 heavy (non-hydrogen) atoms. The summed E-state index contributed by atoms with van der Waals surface area (Å²) in [7, 11) is 0. The van der Waals surface area contributed by atoms with Gasteiger partial charge in [0.1, 0.15) is 0 Å². The molecule has 0 aliphatic heterocycles. The third kappa shape index (κ3) is 3.06. The van der Waals surface area contributed by atoms with Crippen LogP contribution >= 0.6 is 0 Å². The van der Waals surface area contributed by atoms with Gasteiger partial charge in [-0.25, -0.2) is 4.68 Å². The number of benzene rings is 2. The van der Waals surface area contributed by atoms with Gasteiger partial charge in [-0.2, -0.15) is 5.10 Å². The van der Waals surface area contributed by atoms with Gasteiger partial charge < -0.3 is 10.4 Å². The zero-order valence-corrected chi connectivity index (χ0v) is 13.7. The van der Waals surface area contributed by atoms with E-state index in [1.54, 1.807) is 10.9 Å². The standard InChI is InChI=1S/C20H19N3O2/c24-19(20(25)10-16-6-4-5-7-17(16)11-20)21-12-15-13-22-23(14-15)18-8-2-1-3-9-18/h1-9,13-14,25H,10-12H2,(H,21,24). The van der Waals surface area contributed by atoms with Crippen molar-refractivity contribution in [1.29, 1.82) is 0 Å². The lowest BCUT2D eigenvalue weighted by Gasteiger charge is -2.20. The Kier molecular flexibility index (Phi) is 3.86. The Morgan fingerprint density at radius 1 is 1.08 bits per heavy atom. The average Bonchev–Trinajstić information content (AvgIpc) is 3.24. The molecule has 2 N–H and O–H groups in total. The first-order chi connectivity index (χ1) is 12.1. The van der Waals surface area contributed by atoms with E-state index in [1.807, 2.05) is 60.8 Å². The highest BCUT2D eigenvalue weighted by Crippen LogP contribution is 2.30. The molecule has 1 aliphatic carbocycles. The van der Waals surface area contributed by atoms with Crippen molar-refractivity contribution < 1.29 is 9.90 Å². The fourth-order valence-corrected chi connectivity index (χ4v) is 3.28. The molecule has 1 amide bonds. The molecular formula is C20H19N3O2. The summed E-state index contributed by atoms with van der Waals surface area (Å²) in [5.74, 6) is -0.337. The van der Waals surface area contributed by atoms with Gasteiger partial charge in [0.15, 0.2) is 5.60 Å². The highest BCUT2D eigenvalue weighted by molar-refractivity contribution is 5.86. The van der Waals surface area contributed by atoms with Gasteiger partial charge in [0, 0.05) is 31.1 Å². The molecule has 3 aromatic rings. The van der Waals surface area contributed by atoms with Crippen LogP contribution in [0.1, 0.15) is 16.7 Å². The summed E-state index contributed by atoms with van der Waals surface area (Å²) in [6.45, 7) is 0.338. The van der Waals surface area contributed by atoms with Crippen LogP contribution in [0.2, 0.25) is 0 Å². The van der Waals surface area contributed by atoms with Crippen molar-refractivity contribution in [2.75, 3.05) is 0 Å². The molecule has 0 unspecified atom stereocenters. The third-order valence-electron chi connectivity index (χ3n) is 4.62. The lowest BCUT2D eigenvalue weighted by Crippen LogP contribution is -2.47. The minimum atomic E-state index is -1.36. The van der Waals surface area contributed by atoms with Crippen molar-refractivity contribution in [3.05, 3.63) is 83.7 Å². The van der Waals surface area contributed by atoms with Crippen molar-refractivity contribution in [1.82, 2.24) is 15.1 Å². The summed E-state index contributed by atoms with van der Waals surface area (Å²) < 4.78 is 1.77. The lowest BCUT2D eigenvalue weighted by molar-refractivity contribution is -0.139. The molecule has 0 fully saturated rings. The largest absolute Gasteiger partial charge is 0.379 e. The number of aromatic nitrogens is 2. The number of carbonyl (C=O) groups is 1. The Morgan fingerprint density at radius 3 is 2.40 bits per heavy atom. The van der Waals surface area contributed by atoms with E-state index in [1.165, 1.54) is 0 Å². The minimum absolute atomic E-state index is 0.337. The van der Waals surface area contributed by atoms with Crippen molar-refractivity contribution >= 4 is 5.91 Å². The number of rotatable bonds is 4. The highest BCUT2D eigenvalue weighted by atomic mass is 16.3. The minimum Gasteiger partial charge on any atom is -0.379 e. The Balaban J connectivity index is 1.41. The number of aliphatic hydroxyl groups is 1. The van der Waals surface area contributed by atoms with Gasteiger partial charge in [0.05, 0.1) is 11.9 Å².